The number of phenols is 1. The third kappa shape index (κ3) is 2.73. The molecule has 1 aromatic carbocycles. The van der Waals surface area contributed by atoms with Crippen LogP contribution in [0.3, 0.4) is 0 Å². The number of hydrogen-bond donors (Lipinski definition) is 1. The van der Waals surface area contributed by atoms with Crippen molar-refractivity contribution in [1.29, 1.82) is 0 Å². The van der Waals surface area contributed by atoms with Gasteiger partial charge in [0.25, 0.3) is 0 Å². The fourth-order valence-corrected chi connectivity index (χ4v) is 0.997. The molecule has 1 aromatic rings. The molecule has 0 aromatic heterocycles. The number of nitroso groups, excluding NO2 is 1. The van der Waals surface area contributed by atoms with E-state index in [1.807, 2.05) is 20.8 Å². The standard InChI is InChI=1S/C10H13NO3/c1-10(2,3)14-7-4-5-8(11-13)9(12)6-7/h4-6,12H,1-3H3. The van der Waals surface area contributed by atoms with Crippen molar-refractivity contribution >= 4 is 5.69 Å². The summed E-state index contributed by atoms with van der Waals surface area (Å²) in [5.41, 5.74) is -0.311. The molecule has 1 N–H and O–H groups in total. The van der Waals surface area contributed by atoms with Gasteiger partial charge < -0.3 is 9.84 Å². The van der Waals surface area contributed by atoms with E-state index in [0.717, 1.165) is 0 Å². The van der Waals surface area contributed by atoms with E-state index >= 15 is 0 Å². The van der Waals surface area contributed by atoms with Crippen molar-refractivity contribution in [2.24, 2.45) is 5.18 Å². The summed E-state index contributed by atoms with van der Waals surface area (Å²) in [6, 6.07) is 4.40. The topological polar surface area (TPSA) is 58.9 Å². The van der Waals surface area contributed by atoms with Crippen LogP contribution in [0.5, 0.6) is 11.5 Å². The molecule has 0 aliphatic rings. The Morgan fingerprint density at radius 1 is 1.36 bits per heavy atom. The smallest absolute Gasteiger partial charge is 0.149 e. The van der Waals surface area contributed by atoms with Crippen molar-refractivity contribution in [2.75, 3.05) is 0 Å². The van der Waals surface area contributed by atoms with Crippen LogP contribution in [-0.4, -0.2) is 10.7 Å². The molecule has 0 unspecified atom stereocenters. The second-order valence-corrected chi connectivity index (χ2v) is 3.96. The Bertz CT molecular complexity index is 342. The predicted molar refractivity (Wildman–Crippen MR) is 53.9 cm³/mol. The molecule has 0 saturated carbocycles. The number of ether oxygens (including phenoxy) is 1. The molecular formula is C10H13NO3. The SMILES string of the molecule is CC(C)(C)Oc1ccc(N=O)c(O)c1. The first-order chi connectivity index (χ1) is 6.42. The van der Waals surface area contributed by atoms with Crippen LogP contribution < -0.4 is 4.74 Å². The zero-order chi connectivity index (χ0) is 10.8. The van der Waals surface area contributed by atoms with Crippen molar-refractivity contribution in [3.05, 3.63) is 23.1 Å². The van der Waals surface area contributed by atoms with Gasteiger partial charge in [0.05, 0.1) is 0 Å². The number of nitrogens with zero attached hydrogens (tertiary/aromatic N) is 1. The summed E-state index contributed by atoms with van der Waals surface area (Å²) in [7, 11) is 0. The molecule has 0 aliphatic heterocycles. The van der Waals surface area contributed by atoms with Crippen LogP contribution in [0.15, 0.2) is 23.4 Å². The van der Waals surface area contributed by atoms with E-state index < -0.39 is 0 Å². The highest BCUT2D eigenvalue weighted by Gasteiger charge is 2.12. The van der Waals surface area contributed by atoms with E-state index in [1.54, 1.807) is 6.07 Å². The molecule has 0 spiro atoms. The first kappa shape index (κ1) is 10.5. The van der Waals surface area contributed by atoms with E-state index in [4.69, 9.17) is 4.74 Å². The first-order valence-electron chi connectivity index (χ1n) is 4.28. The van der Waals surface area contributed by atoms with Gasteiger partial charge in [-0.2, -0.15) is 0 Å². The molecule has 0 atom stereocenters. The maximum absolute atomic E-state index is 10.2. The van der Waals surface area contributed by atoms with E-state index in [-0.39, 0.29) is 17.0 Å². The van der Waals surface area contributed by atoms with Crippen LogP contribution >= 0.6 is 0 Å². The molecule has 0 amide bonds. The number of rotatable bonds is 2. The fourth-order valence-electron chi connectivity index (χ4n) is 0.997. The number of benzene rings is 1. The van der Waals surface area contributed by atoms with Crippen molar-refractivity contribution in [3.63, 3.8) is 0 Å². The fraction of sp³-hybridized carbons (Fsp3) is 0.400. The lowest BCUT2D eigenvalue weighted by Gasteiger charge is -2.21. The highest BCUT2D eigenvalue weighted by Crippen LogP contribution is 2.31. The van der Waals surface area contributed by atoms with Crippen LogP contribution in [0, 0.1) is 4.91 Å². The Balaban J connectivity index is 2.92. The van der Waals surface area contributed by atoms with Crippen LogP contribution in [0.4, 0.5) is 5.69 Å². The van der Waals surface area contributed by atoms with Gasteiger partial charge in [-0.05, 0) is 38.1 Å². The largest absolute Gasteiger partial charge is 0.505 e. The molecule has 0 fully saturated rings. The molecule has 4 heteroatoms. The highest BCUT2D eigenvalue weighted by atomic mass is 16.5. The average molecular weight is 195 g/mol. The average Bonchev–Trinajstić information content (AvgIpc) is 2.01. The maximum atomic E-state index is 10.2. The summed E-state index contributed by atoms with van der Waals surface area (Å²) < 4.78 is 5.48. The molecule has 14 heavy (non-hydrogen) atoms. The highest BCUT2D eigenvalue weighted by molar-refractivity contribution is 5.53. The van der Waals surface area contributed by atoms with Crippen LogP contribution in [0.2, 0.25) is 0 Å². The zero-order valence-corrected chi connectivity index (χ0v) is 8.44. The van der Waals surface area contributed by atoms with Gasteiger partial charge in [0, 0.05) is 6.07 Å². The van der Waals surface area contributed by atoms with Crippen molar-refractivity contribution in [1.82, 2.24) is 0 Å². The van der Waals surface area contributed by atoms with Crippen LogP contribution in [0.25, 0.3) is 0 Å². The summed E-state index contributed by atoms with van der Waals surface area (Å²) in [5, 5.41) is 12.0. The van der Waals surface area contributed by atoms with E-state index in [0.29, 0.717) is 5.75 Å². The molecule has 1 rings (SSSR count). The minimum atomic E-state index is -0.331. The van der Waals surface area contributed by atoms with E-state index in [1.165, 1.54) is 12.1 Å². The molecule has 0 aliphatic carbocycles. The number of phenolic OH excluding ortho intramolecular Hbond substituents is 1. The Morgan fingerprint density at radius 2 is 2.00 bits per heavy atom. The predicted octanol–water partition coefficient (Wildman–Crippen LogP) is 2.97. The summed E-state index contributed by atoms with van der Waals surface area (Å²) in [6.45, 7) is 5.70. The van der Waals surface area contributed by atoms with Crippen LogP contribution in [-0.2, 0) is 0 Å². The van der Waals surface area contributed by atoms with Gasteiger partial charge in [0.1, 0.15) is 22.8 Å². The molecule has 0 heterocycles. The quantitative estimate of drug-likeness (QED) is 0.738. The second kappa shape index (κ2) is 3.65. The van der Waals surface area contributed by atoms with Gasteiger partial charge in [-0.3, -0.25) is 0 Å². The second-order valence-electron chi connectivity index (χ2n) is 3.96. The molecular weight excluding hydrogens is 182 g/mol. The van der Waals surface area contributed by atoms with E-state index in [2.05, 4.69) is 5.18 Å². The molecule has 0 bridgehead atoms. The lowest BCUT2D eigenvalue weighted by molar-refractivity contribution is 0.130. The summed E-state index contributed by atoms with van der Waals surface area (Å²) >= 11 is 0. The minimum absolute atomic E-state index is 0.0197. The van der Waals surface area contributed by atoms with Gasteiger partial charge in [-0.15, -0.1) is 4.91 Å². The Morgan fingerprint density at radius 3 is 2.43 bits per heavy atom. The monoisotopic (exact) mass is 195 g/mol. The molecule has 76 valence electrons. The van der Waals surface area contributed by atoms with Crippen LogP contribution in [0.1, 0.15) is 20.8 Å². The lowest BCUT2D eigenvalue weighted by atomic mass is 10.2. The van der Waals surface area contributed by atoms with Gasteiger partial charge in [-0.25, -0.2) is 0 Å². The Hall–Kier alpha value is -1.58. The molecule has 0 saturated heterocycles. The lowest BCUT2D eigenvalue weighted by Crippen LogP contribution is -2.22. The van der Waals surface area contributed by atoms with Crippen molar-refractivity contribution in [3.8, 4) is 11.5 Å². The first-order valence-corrected chi connectivity index (χ1v) is 4.28. The van der Waals surface area contributed by atoms with Gasteiger partial charge >= 0.3 is 0 Å². The zero-order valence-electron chi connectivity index (χ0n) is 8.44. The maximum Gasteiger partial charge on any atom is 0.149 e. The number of aromatic hydroxyl groups is 1. The third-order valence-electron chi connectivity index (χ3n) is 1.47. The van der Waals surface area contributed by atoms with E-state index in [9.17, 15) is 10.0 Å². The Kier molecular flexibility index (Phi) is 2.74. The Labute approximate surface area is 82.5 Å². The number of hydrogen-bond acceptors (Lipinski definition) is 4. The summed E-state index contributed by atoms with van der Waals surface area (Å²) in [5.74, 6) is 0.351. The normalized spacial score (nSPS) is 11.1. The van der Waals surface area contributed by atoms with Gasteiger partial charge in [-0.1, -0.05) is 0 Å². The van der Waals surface area contributed by atoms with Gasteiger partial charge in [0.15, 0.2) is 0 Å². The van der Waals surface area contributed by atoms with Gasteiger partial charge in [0.2, 0.25) is 0 Å². The third-order valence-corrected chi connectivity index (χ3v) is 1.47. The van der Waals surface area contributed by atoms with Crippen molar-refractivity contribution in [2.45, 2.75) is 26.4 Å². The molecule has 4 nitrogen and oxygen atoms in total. The molecule has 0 radical (unpaired) electrons. The minimum Gasteiger partial charge on any atom is -0.505 e. The summed E-state index contributed by atoms with van der Waals surface area (Å²) in [6.07, 6.45) is 0. The van der Waals surface area contributed by atoms with Crippen molar-refractivity contribution < 1.29 is 9.84 Å². The summed E-state index contributed by atoms with van der Waals surface area (Å²) in [4.78, 5) is 10.2.